The highest BCUT2D eigenvalue weighted by molar-refractivity contribution is 5.38. The lowest BCUT2D eigenvalue weighted by molar-refractivity contribution is 0.745. The van der Waals surface area contributed by atoms with Gasteiger partial charge in [-0.25, -0.2) is 0 Å². The van der Waals surface area contributed by atoms with Gasteiger partial charge in [0.2, 0.25) is 0 Å². The Kier molecular flexibility index (Phi) is 4.61. The number of hydrogen-bond acceptors (Lipinski definition) is 0. The molecule has 0 heteroatoms. The lowest BCUT2D eigenvalue weighted by Gasteiger charge is -2.10. The molecule has 1 rings (SSSR count). The van der Waals surface area contributed by atoms with E-state index in [1.807, 2.05) is 6.08 Å². The van der Waals surface area contributed by atoms with Crippen LogP contribution in [-0.2, 0) is 6.42 Å². The molecule has 15 heavy (non-hydrogen) atoms. The van der Waals surface area contributed by atoms with Crippen molar-refractivity contribution in [2.75, 3.05) is 0 Å². The van der Waals surface area contributed by atoms with Gasteiger partial charge in [-0.05, 0) is 68.7 Å². The first kappa shape index (κ1) is 12.0. The zero-order valence-corrected chi connectivity index (χ0v) is 10.3. The van der Waals surface area contributed by atoms with Crippen LogP contribution >= 0.6 is 0 Å². The molecule has 0 aliphatic rings. The molecule has 0 amide bonds. The predicted octanol–water partition coefficient (Wildman–Crippen LogP) is 4.51. The van der Waals surface area contributed by atoms with Gasteiger partial charge in [0.1, 0.15) is 0 Å². The van der Waals surface area contributed by atoms with E-state index in [-0.39, 0.29) is 0 Å². The number of hydrogen-bond donors (Lipinski definition) is 0. The second-order valence-electron chi connectivity index (χ2n) is 4.33. The molecule has 0 fully saturated rings. The summed E-state index contributed by atoms with van der Waals surface area (Å²) < 4.78 is 0. The summed E-state index contributed by atoms with van der Waals surface area (Å²) in [7, 11) is 0. The van der Waals surface area contributed by atoms with Crippen molar-refractivity contribution >= 4 is 0 Å². The Labute approximate surface area is 94.0 Å². The molecule has 0 spiro atoms. The van der Waals surface area contributed by atoms with Gasteiger partial charge < -0.3 is 0 Å². The van der Waals surface area contributed by atoms with Gasteiger partial charge in [0.25, 0.3) is 0 Å². The maximum Gasteiger partial charge on any atom is -0.0276 e. The Morgan fingerprint density at radius 3 is 2.47 bits per heavy atom. The van der Waals surface area contributed by atoms with Crippen molar-refractivity contribution in [1.29, 1.82) is 0 Å². The SMILES string of the molecule is C=CCCCCc1ccc(C)c(C)c1C. The van der Waals surface area contributed by atoms with Gasteiger partial charge in [0, 0.05) is 0 Å². The summed E-state index contributed by atoms with van der Waals surface area (Å²) in [4.78, 5) is 0. The second-order valence-corrected chi connectivity index (χ2v) is 4.33. The van der Waals surface area contributed by atoms with Gasteiger partial charge in [0.15, 0.2) is 0 Å². The van der Waals surface area contributed by atoms with Crippen LogP contribution in [-0.4, -0.2) is 0 Å². The molecule has 0 heterocycles. The third-order valence-corrected chi connectivity index (χ3v) is 3.27. The van der Waals surface area contributed by atoms with Crippen LogP contribution < -0.4 is 0 Å². The molecule has 0 bridgehead atoms. The third-order valence-electron chi connectivity index (χ3n) is 3.27. The van der Waals surface area contributed by atoms with E-state index in [4.69, 9.17) is 0 Å². The van der Waals surface area contributed by atoms with Crippen molar-refractivity contribution in [3.63, 3.8) is 0 Å². The summed E-state index contributed by atoms with van der Waals surface area (Å²) >= 11 is 0. The van der Waals surface area contributed by atoms with Crippen LogP contribution in [0.25, 0.3) is 0 Å². The number of benzene rings is 1. The first-order valence-electron chi connectivity index (χ1n) is 5.83. The molecule has 0 atom stereocenters. The summed E-state index contributed by atoms with van der Waals surface area (Å²) in [6.07, 6.45) is 6.89. The quantitative estimate of drug-likeness (QED) is 0.487. The minimum atomic E-state index is 1.14. The highest BCUT2D eigenvalue weighted by Gasteiger charge is 2.02. The third kappa shape index (κ3) is 3.23. The van der Waals surface area contributed by atoms with E-state index in [0.29, 0.717) is 0 Å². The van der Waals surface area contributed by atoms with Gasteiger partial charge >= 0.3 is 0 Å². The second kappa shape index (κ2) is 5.75. The number of rotatable bonds is 5. The average molecular weight is 202 g/mol. The molecule has 0 saturated heterocycles. The Bertz CT molecular complexity index is 334. The highest BCUT2D eigenvalue weighted by Crippen LogP contribution is 2.19. The molecule has 1 aromatic carbocycles. The molecular weight excluding hydrogens is 180 g/mol. The molecule has 0 N–H and O–H groups in total. The number of unbranched alkanes of at least 4 members (excludes halogenated alkanes) is 2. The monoisotopic (exact) mass is 202 g/mol. The first-order chi connectivity index (χ1) is 7.16. The van der Waals surface area contributed by atoms with Crippen molar-refractivity contribution in [3.8, 4) is 0 Å². The van der Waals surface area contributed by atoms with Crippen molar-refractivity contribution in [2.24, 2.45) is 0 Å². The molecule has 0 aliphatic carbocycles. The molecule has 1 aromatic rings. The Morgan fingerprint density at radius 2 is 1.80 bits per heavy atom. The standard InChI is InChI=1S/C15H22/c1-5-6-7-8-9-15-11-10-12(2)13(3)14(15)4/h5,10-11H,1,6-9H2,2-4H3. The average Bonchev–Trinajstić information content (AvgIpc) is 2.24. The van der Waals surface area contributed by atoms with Crippen LogP contribution in [0.5, 0.6) is 0 Å². The number of allylic oxidation sites excluding steroid dienone is 1. The van der Waals surface area contributed by atoms with Crippen LogP contribution in [0.2, 0.25) is 0 Å². The lowest BCUT2D eigenvalue weighted by Crippen LogP contribution is -1.95. The van der Waals surface area contributed by atoms with Crippen LogP contribution in [0.15, 0.2) is 24.8 Å². The highest BCUT2D eigenvalue weighted by atomic mass is 14.1. The fraction of sp³-hybridized carbons (Fsp3) is 0.467. The fourth-order valence-electron chi connectivity index (χ4n) is 1.89. The van der Waals surface area contributed by atoms with Crippen LogP contribution in [0.1, 0.15) is 41.5 Å². The van der Waals surface area contributed by atoms with Gasteiger partial charge in [-0.3, -0.25) is 0 Å². The van der Waals surface area contributed by atoms with E-state index in [2.05, 4.69) is 39.5 Å². The number of aryl methyl sites for hydroxylation is 2. The normalized spacial score (nSPS) is 10.3. The summed E-state index contributed by atoms with van der Waals surface area (Å²) in [6.45, 7) is 10.4. The Balaban J connectivity index is 2.62. The van der Waals surface area contributed by atoms with Crippen LogP contribution in [0.4, 0.5) is 0 Å². The van der Waals surface area contributed by atoms with E-state index in [9.17, 15) is 0 Å². The van der Waals surface area contributed by atoms with E-state index >= 15 is 0 Å². The predicted molar refractivity (Wildman–Crippen MR) is 68.4 cm³/mol. The summed E-state index contributed by atoms with van der Waals surface area (Å²) in [5.74, 6) is 0. The zero-order valence-electron chi connectivity index (χ0n) is 10.3. The van der Waals surface area contributed by atoms with Gasteiger partial charge in [-0.1, -0.05) is 18.2 Å². The van der Waals surface area contributed by atoms with E-state index in [1.54, 1.807) is 0 Å². The minimum Gasteiger partial charge on any atom is -0.103 e. The van der Waals surface area contributed by atoms with E-state index < -0.39 is 0 Å². The fourth-order valence-corrected chi connectivity index (χ4v) is 1.89. The molecule has 82 valence electrons. The topological polar surface area (TPSA) is 0 Å². The van der Waals surface area contributed by atoms with Crippen LogP contribution in [0, 0.1) is 20.8 Å². The van der Waals surface area contributed by atoms with E-state index in [1.165, 1.54) is 41.5 Å². The minimum absolute atomic E-state index is 1.14. The molecule has 0 unspecified atom stereocenters. The molecule has 0 aromatic heterocycles. The maximum absolute atomic E-state index is 3.75. The van der Waals surface area contributed by atoms with Gasteiger partial charge in [-0.2, -0.15) is 0 Å². The summed E-state index contributed by atoms with van der Waals surface area (Å²) in [5.41, 5.74) is 5.86. The van der Waals surface area contributed by atoms with Gasteiger partial charge in [-0.15, -0.1) is 6.58 Å². The van der Waals surface area contributed by atoms with Crippen molar-refractivity contribution < 1.29 is 0 Å². The Morgan fingerprint density at radius 1 is 1.07 bits per heavy atom. The smallest absolute Gasteiger partial charge is 0.0276 e. The first-order valence-corrected chi connectivity index (χ1v) is 5.83. The summed E-state index contributed by atoms with van der Waals surface area (Å²) in [5, 5.41) is 0. The molecule has 0 saturated carbocycles. The lowest BCUT2D eigenvalue weighted by atomic mass is 9.95. The van der Waals surface area contributed by atoms with Crippen molar-refractivity contribution in [3.05, 3.63) is 47.0 Å². The van der Waals surface area contributed by atoms with Crippen molar-refractivity contribution in [1.82, 2.24) is 0 Å². The maximum atomic E-state index is 3.75. The van der Waals surface area contributed by atoms with Gasteiger partial charge in [0.05, 0.1) is 0 Å². The largest absolute Gasteiger partial charge is 0.103 e. The van der Waals surface area contributed by atoms with E-state index in [0.717, 1.165) is 6.42 Å². The molecular formula is C15H22. The van der Waals surface area contributed by atoms with Crippen LogP contribution in [0.3, 0.4) is 0 Å². The molecule has 0 aliphatic heterocycles. The Hall–Kier alpha value is -1.04. The zero-order chi connectivity index (χ0) is 11.3. The summed E-state index contributed by atoms with van der Waals surface area (Å²) in [6, 6.07) is 4.52. The van der Waals surface area contributed by atoms with Crippen molar-refractivity contribution in [2.45, 2.75) is 46.5 Å². The molecule has 0 nitrogen and oxygen atoms in total. The molecule has 0 radical (unpaired) electrons.